The fourth-order valence-corrected chi connectivity index (χ4v) is 4.84. The van der Waals surface area contributed by atoms with Gasteiger partial charge in [-0.05, 0) is 29.7 Å². The van der Waals surface area contributed by atoms with Crippen LogP contribution in [0.5, 0.6) is 0 Å². The van der Waals surface area contributed by atoms with Gasteiger partial charge in [0.2, 0.25) is 0 Å². The molecule has 0 unspecified atom stereocenters. The van der Waals surface area contributed by atoms with Crippen molar-refractivity contribution in [2.24, 2.45) is 0 Å². The van der Waals surface area contributed by atoms with Gasteiger partial charge in [0.05, 0.1) is 26.6 Å². The van der Waals surface area contributed by atoms with Gasteiger partial charge in [-0.1, -0.05) is 72.1 Å². The minimum absolute atomic E-state index is 0.0504. The molecular formula is C21H17N3O3S2. The first-order valence-corrected chi connectivity index (χ1v) is 10.7. The number of hydrogen-bond donors (Lipinski definition) is 0. The van der Waals surface area contributed by atoms with Crippen LogP contribution in [0.3, 0.4) is 0 Å². The van der Waals surface area contributed by atoms with E-state index in [-0.39, 0.29) is 10.9 Å². The number of benzene rings is 2. The average Bonchev–Trinajstić information content (AvgIpc) is 3.39. The number of anilines is 1. The van der Waals surface area contributed by atoms with E-state index < -0.39 is 4.92 Å². The summed E-state index contributed by atoms with van der Waals surface area (Å²) in [6, 6.07) is 18.6. The van der Waals surface area contributed by atoms with Crippen LogP contribution in [-0.4, -0.2) is 15.8 Å². The molecule has 0 radical (unpaired) electrons. The Labute approximate surface area is 175 Å². The zero-order valence-electron chi connectivity index (χ0n) is 15.6. The molecule has 2 aromatic heterocycles. The topological polar surface area (TPSA) is 76.3 Å². The Hall–Kier alpha value is -3.10. The Morgan fingerprint density at radius 1 is 1.07 bits per heavy atom. The smallest absolute Gasteiger partial charge is 0.279 e. The Kier molecular flexibility index (Phi) is 5.37. The van der Waals surface area contributed by atoms with Crippen LogP contribution in [-0.2, 0) is 13.0 Å². The third-order valence-corrected chi connectivity index (χ3v) is 6.58. The number of aromatic nitrogens is 1. The quantitative estimate of drug-likeness (QED) is 0.295. The van der Waals surface area contributed by atoms with Crippen molar-refractivity contribution in [3.05, 3.63) is 86.8 Å². The molecule has 2 aromatic carbocycles. The Balaban J connectivity index is 1.77. The van der Waals surface area contributed by atoms with Crippen molar-refractivity contribution in [3.8, 4) is 0 Å². The molecule has 0 fully saturated rings. The molecule has 0 bridgehead atoms. The fourth-order valence-electron chi connectivity index (χ4n) is 3.06. The van der Waals surface area contributed by atoms with Crippen LogP contribution < -0.4 is 4.90 Å². The molecule has 4 aromatic rings. The number of thiazole rings is 1. The second-order valence-corrected chi connectivity index (χ2v) is 8.46. The Bertz CT molecular complexity index is 1180. The third-order valence-electron chi connectivity index (χ3n) is 4.51. The highest BCUT2D eigenvalue weighted by atomic mass is 32.1. The van der Waals surface area contributed by atoms with Crippen LogP contribution in [0.25, 0.3) is 10.2 Å². The summed E-state index contributed by atoms with van der Waals surface area (Å²) in [6.07, 6.45) is 0.851. The van der Waals surface area contributed by atoms with Crippen LogP contribution in [0, 0.1) is 10.1 Å². The lowest BCUT2D eigenvalue weighted by Crippen LogP contribution is -2.29. The van der Waals surface area contributed by atoms with Gasteiger partial charge >= 0.3 is 5.00 Å². The van der Waals surface area contributed by atoms with Crippen molar-refractivity contribution in [3.63, 3.8) is 0 Å². The molecule has 29 heavy (non-hydrogen) atoms. The number of nitrogens with zero attached hydrogens (tertiary/aromatic N) is 3. The van der Waals surface area contributed by atoms with Crippen LogP contribution in [0.2, 0.25) is 0 Å². The van der Waals surface area contributed by atoms with E-state index >= 15 is 0 Å². The van der Waals surface area contributed by atoms with E-state index in [0.29, 0.717) is 16.6 Å². The summed E-state index contributed by atoms with van der Waals surface area (Å²) in [5.41, 5.74) is 2.99. The van der Waals surface area contributed by atoms with Crippen LogP contribution in [0.4, 0.5) is 10.1 Å². The highest BCUT2D eigenvalue weighted by molar-refractivity contribution is 7.22. The second kappa shape index (κ2) is 8.10. The maximum absolute atomic E-state index is 13.3. The summed E-state index contributed by atoms with van der Waals surface area (Å²) in [7, 11) is 0. The molecule has 0 atom stereocenters. The number of para-hydroxylation sites is 1. The maximum Gasteiger partial charge on any atom is 0.324 e. The number of rotatable bonds is 6. The summed E-state index contributed by atoms with van der Waals surface area (Å²) < 4.78 is 1.02. The van der Waals surface area contributed by atoms with E-state index in [0.717, 1.165) is 39.1 Å². The maximum atomic E-state index is 13.3. The van der Waals surface area contributed by atoms with E-state index in [1.807, 2.05) is 48.5 Å². The summed E-state index contributed by atoms with van der Waals surface area (Å²) in [5.74, 6) is -0.288. The van der Waals surface area contributed by atoms with Gasteiger partial charge in [0.1, 0.15) is 0 Å². The van der Waals surface area contributed by atoms with Gasteiger partial charge in [-0.3, -0.25) is 19.8 Å². The average molecular weight is 424 g/mol. The SMILES string of the molecule is CCc1cccc2sc(N(Cc3ccccc3)C(=O)c3ccc([N+](=O)[O-])s3)nc12. The van der Waals surface area contributed by atoms with E-state index in [4.69, 9.17) is 4.98 Å². The minimum atomic E-state index is -0.478. The summed E-state index contributed by atoms with van der Waals surface area (Å²) in [4.78, 5) is 30.5. The normalized spacial score (nSPS) is 10.9. The standard InChI is InChI=1S/C21H17N3O3S2/c1-2-15-9-6-10-16-19(15)22-21(29-16)23(13-14-7-4-3-5-8-14)20(25)17-11-12-18(28-17)24(26)27/h3-12H,2,13H2,1H3. The van der Waals surface area contributed by atoms with Gasteiger partial charge in [0, 0.05) is 6.07 Å². The van der Waals surface area contributed by atoms with Crippen molar-refractivity contribution < 1.29 is 9.72 Å². The molecule has 6 nitrogen and oxygen atoms in total. The van der Waals surface area contributed by atoms with Crippen molar-refractivity contribution >= 4 is 48.9 Å². The van der Waals surface area contributed by atoms with Gasteiger partial charge in [0.25, 0.3) is 5.91 Å². The molecule has 0 spiro atoms. The molecular weight excluding hydrogens is 406 g/mol. The lowest BCUT2D eigenvalue weighted by atomic mass is 10.1. The number of carbonyl (C=O) groups excluding carboxylic acids is 1. The first kappa shape index (κ1) is 19.2. The number of fused-ring (bicyclic) bond motifs is 1. The first-order chi connectivity index (χ1) is 14.1. The molecule has 4 rings (SSSR count). The molecule has 0 aliphatic rings. The lowest BCUT2D eigenvalue weighted by Gasteiger charge is -2.19. The Morgan fingerprint density at radius 2 is 1.86 bits per heavy atom. The predicted molar refractivity (Wildman–Crippen MR) is 117 cm³/mol. The third kappa shape index (κ3) is 3.90. The molecule has 0 aliphatic heterocycles. The molecule has 2 heterocycles. The number of hydrogen-bond acceptors (Lipinski definition) is 6. The summed E-state index contributed by atoms with van der Waals surface area (Å²) >= 11 is 2.34. The fraction of sp³-hybridized carbons (Fsp3) is 0.143. The van der Waals surface area contributed by atoms with Gasteiger partial charge < -0.3 is 0 Å². The molecule has 0 saturated heterocycles. The number of carbonyl (C=O) groups is 1. The van der Waals surface area contributed by atoms with E-state index in [9.17, 15) is 14.9 Å². The number of aryl methyl sites for hydroxylation is 1. The second-order valence-electron chi connectivity index (χ2n) is 6.39. The molecule has 1 amide bonds. The number of thiophene rings is 1. The van der Waals surface area contributed by atoms with Gasteiger partial charge in [0.15, 0.2) is 5.13 Å². The molecule has 0 N–H and O–H groups in total. The van der Waals surface area contributed by atoms with E-state index in [1.54, 1.807) is 4.90 Å². The van der Waals surface area contributed by atoms with Crippen molar-refractivity contribution in [2.45, 2.75) is 19.9 Å². The lowest BCUT2D eigenvalue weighted by molar-refractivity contribution is -0.380. The van der Waals surface area contributed by atoms with Gasteiger partial charge in [-0.25, -0.2) is 4.98 Å². The molecule has 8 heteroatoms. The monoisotopic (exact) mass is 423 g/mol. The number of amides is 1. The summed E-state index contributed by atoms with van der Waals surface area (Å²) in [6.45, 7) is 2.41. The zero-order valence-corrected chi connectivity index (χ0v) is 17.2. The highest BCUT2D eigenvalue weighted by Crippen LogP contribution is 2.34. The van der Waals surface area contributed by atoms with Crippen molar-refractivity contribution in [1.29, 1.82) is 0 Å². The first-order valence-electron chi connectivity index (χ1n) is 9.05. The Morgan fingerprint density at radius 3 is 2.55 bits per heavy atom. The van der Waals surface area contributed by atoms with Crippen molar-refractivity contribution in [1.82, 2.24) is 4.98 Å². The van der Waals surface area contributed by atoms with Gasteiger partial charge in [-0.2, -0.15) is 0 Å². The predicted octanol–water partition coefficient (Wildman–Crippen LogP) is 5.68. The van der Waals surface area contributed by atoms with Crippen LogP contribution in [0.1, 0.15) is 27.7 Å². The highest BCUT2D eigenvalue weighted by Gasteiger charge is 2.25. The number of nitro groups is 1. The van der Waals surface area contributed by atoms with Gasteiger partial charge in [-0.15, -0.1) is 0 Å². The molecule has 0 saturated carbocycles. The van der Waals surface area contributed by atoms with E-state index in [2.05, 4.69) is 6.92 Å². The molecule has 0 aliphatic carbocycles. The summed E-state index contributed by atoms with van der Waals surface area (Å²) in [5, 5.41) is 11.6. The van der Waals surface area contributed by atoms with Crippen LogP contribution >= 0.6 is 22.7 Å². The van der Waals surface area contributed by atoms with E-state index in [1.165, 1.54) is 23.5 Å². The zero-order chi connectivity index (χ0) is 20.4. The van der Waals surface area contributed by atoms with Crippen LogP contribution in [0.15, 0.2) is 60.7 Å². The largest absolute Gasteiger partial charge is 0.324 e. The molecule has 146 valence electrons. The van der Waals surface area contributed by atoms with Crippen molar-refractivity contribution in [2.75, 3.05) is 4.90 Å². The minimum Gasteiger partial charge on any atom is -0.279 e.